The molecule has 198 valence electrons. The summed E-state index contributed by atoms with van der Waals surface area (Å²) in [5.41, 5.74) is -1.26. The van der Waals surface area contributed by atoms with E-state index in [9.17, 15) is 21.6 Å². The van der Waals surface area contributed by atoms with E-state index < -0.39 is 21.6 Å². The Kier molecular flexibility index (Phi) is 7.25. The lowest BCUT2D eigenvalue weighted by Gasteiger charge is -2.21. The van der Waals surface area contributed by atoms with Gasteiger partial charge in [0.2, 0.25) is 0 Å². The number of anilines is 1. The number of benzene rings is 3. The summed E-state index contributed by atoms with van der Waals surface area (Å²) in [6, 6.07) is 20.3. The molecule has 1 saturated heterocycles. The zero-order chi connectivity index (χ0) is 27.1. The third-order valence-electron chi connectivity index (χ3n) is 6.55. The molecule has 1 atom stereocenters. The van der Waals surface area contributed by atoms with Gasteiger partial charge < -0.3 is 5.32 Å². The van der Waals surface area contributed by atoms with Crippen molar-refractivity contribution in [1.82, 2.24) is 14.5 Å². The summed E-state index contributed by atoms with van der Waals surface area (Å²) < 4.78 is 63.1. The molecule has 1 aliphatic rings. The van der Waals surface area contributed by atoms with Gasteiger partial charge in [-0.3, -0.25) is 0 Å². The Hall–Kier alpha value is -2.92. The topological polar surface area (TPSA) is 75.2 Å². The second kappa shape index (κ2) is 10.3. The lowest BCUT2D eigenvalue weighted by molar-refractivity contribution is -0.0483. The lowest BCUT2D eigenvalue weighted by atomic mass is 9.84. The monoisotopic (exact) mass is 580 g/mol. The van der Waals surface area contributed by atoms with Gasteiger partial charge in [0.25, 0.3) is 0 Å². The Morgan fingerprint density at radius 2 is 1.50 bits per heavy atom. The summed E-state index contributed by atoms with van der Waals surface area (Å²) in [5.74, 6) is -0.172. The van der Waals surface area contributed by atoms with Crippen LogP contribution in [-0.2, 0) is 10.0 Å². The van der Waals surface area contributed by atoms with Crippen molar-refractivity contribution in [2.75, 3.05) is 18.4 Å². The van der Waals surface area contributed by atoms with E-state index in [4.69, 9.17) is 23.2 Å². The van der Waals surface area contributed by atoms with Crippen molar-refractivity contribution >= 4 is 49.8 Å². The summed E-state index contributed by atoms with van der Waals surface area (Å²) in [4.78, 5) is 0. The van der Waals surface area contributed by atoms with E-state index in [0.29, 0.717) is 30.9 Å². The third kappa shape index (κ3) is 5.31. The normalized spacial score (nSPS) is 16.8. The zero-order valence-electron chi connectivity index (χ0n) is 19.7. The minimum atomic E-state index is -5.38. The van der Waals surface area contributed by atoms with Crippen LogP contribution in [0.3, 0.4) is 0 Å². The van der Waals surface area contributed by atoms with Gasteiger partial charge in [-0.15, -0.1) is 0 Å². The fourth-order valence-corrected chi connectivity index (χ4v) is 5.95. The molecule has 1 aliphatic heterocycles. The van der Waals surface area contributed by atoms with Gasteiger partial charge in [-0.25, -0.2) is 8.42 Å². The first-order chi connectivity index (χ1) is 18.0. The van der Waals surface area contributed by atoms with Gasteiger partial charge in [0.1, 0.15) is 0 Å². The van der Waals surface area contributed by atoms with Gasteiger partial charge >= 0.3 is 15.5 Å². The van der Waals surface area contributed by atoms with E-state index in [1.54, 1.807) is 0 Å². The highest BCUT2D eigenvalue weighted by Crippen LogP contribution is 2.36. The average molecular weight is 581 g/mol. The summed E-state index contributed by atoms with van der Waals surface area (Å²) >= 11 is 12.3. The molecule has 1 unspecified atom stereocenters. The van der Waals surface area contributed by atoms with Crippen LogP contribution in [0.2, 0.25) is 10.0 Å². The van der Waals surface area contributed by atoms with Crippen LogP contribution in [0.15, 0.2) is 72.9 Å². The van der Waals surface area contributed by atoms with Gasteiger partial charge in [0.15, 0.2) is 0 Å². The van der Waals surface area contributed by atoms with E-state index >= 15 is 0 Å². The van der Waals surface area contributed by atoms with Gasteiger partial charge in [0.05, 0.1) is 17.4 Å². The molecule has 0 spiro atoms. The van der Waals surface area contributed by atoms with Crippen molar-refractivity contribution in [3.05, 3.63) is 99.7 Å². The molecule has 0 radical (unpaired) electrons. The van der Waals surface area contributed by atoms with Crippen LogP contribution >= 0.6 is 23.2 Å². The Morgan fingerprint density at radius 1 is 0.921 bits per heavy atom. The molecule has 1 N–H and O–H groups in total. The summed E-state index contributed by atoms with van der Waals surface area (Å²) in [6.45, 7) is -0.528. The molecule has 1 fully saturated rings. The molecule has 2 heterocycles. The third-order valence-corrected chi connectivity index (χ3v) is 8.65. The molecule has 0 bridgehead atoms. The smallest absolute Gasteiger partial charge is 0.379 e. The molecule has 5 rings (SSSR count). The fourth-order valence-electron chi connectivity index (χ4n) is 4.69. The maximum absolute atomic E-state index is 13.0. The van der Waals surface area contributed by atoms with E-state index in [2.05, 4.69) is 15.5 Å². The first kappa shape index (κ1) is 26.7. The average Bonchev–Trinajstić information content (AvgIpc) is 3.35. The van der Waals surface area contributed by atoms with Crippen molar-refractivity contribution in [3.8, 4) is 0 Å². The highest BCUT2D eigenvalue weighted by molar-refractivity contribution is 7.90. The van der Waals surface area contributed by atoms with E-state index in [-0.39, 0.29) is 25.4 Å². The van der Waals surface area contributed by atoms with Gasteiger partial charge in [-0.1, -0.05) is 53.5 Å². The van der Waals surface area contributed by atoms with Crippen LogP contribution in [-0.4, -0.2) is 47.6 Å². The number of halogens is 5. The number of hydrogen-bond donors (Lipinski definition) is 1. The Labute approximate surface area is 227 Å². The predicted octanol–water partition coefficient (Wildman–Crippen LogP) is 6.45. The number of sulfonamides is 1. The van der Waals surface area contributed by atoms with E-state index in [0.717, 1.165) is 16.7 Å². The van der Waals surface area contributed by atoms with Gasteiger partial charge in [0, 0.05) is 40.5 Å². The number of rotatable bonds is 6. The molecular weight excluding hydrogens is 560 g/mol. The Morgan fingerprint density at radius 3 is 2.08 bits per heavy atom. The standard InChI is InChI=1S/C26H21Cl2F3N4O2S/c27-19-6-1-16(2-7-19)25(17-3-8-20(28)9-4-17)18-5-10-23-22(13-18)24(14-32-34-23)33-21-11-12-35(15-21)38(36,37)26(29,30)31/h1-10,13-14,21,25H,11-12,15H2,(H,33,34). The second-order valence-corrected chi connectivity index (χ2v) is 11.8. The molecule has 3 aromatic carbocycles. The van der Waals surface area contributed by atoms with E-state index in [1.807, 2.05) is 66.7 Å². The maximum Gasteiger partial charge on any atom is 0.511 e. The lowest BCUT2D eigenvalue weighted by Crippen LogP contribution is -2.40. The highest BCUT2D eigenvalue weighted by atomic mass is 35.5. The van der Waals surface area contributed by atoms with Crippen molar-refractivity contribution in [1.29, 1.82) is 0 Å². The SMILES string of the molecule is O=S(=O)(N1CCC(Nc2cnnc3ccc(C(c4ccc(Cl)cc4)c4ccc(Cl)cc4)cc23)C1)C(F)(F)F. The zero-order valence-corrected chi connectivity index (χ0v) is 22.0. The second-order valence-electron chi connectivity index (χ2n) is 9.01. The summed E-state index contributed by atoms with van der Waals surface area (Å²) in [7, 11) is -5.38. The maximum atomic E-state index is 13.0. The van der Waals surface area contributed by atoms with Gasteiger partial charge in [-0.2, -0.15) is 27.7 Å². The number of nitrogens with zero attached hydrogens (tertiary/aromatic N) is 3. The number of aromatic nitrogens is 2. The van der Waals surface area contributed by atoms with Crippen molar-refractivity contribution in [2.45, 2.75) is 23.9 Å². The number of nitrogens with one attached hydrogen (secondary N) is 1. The minimum absolute atomic E-state index is 0.172. The first-order valence-electron chi connectivity index (χ1n) is 11.6. The molecule has 0 aliphatic carbocycles. The Balaban J connectivity index is 1.50. The molecule has 38 heavy (non-hydrogen) atoms. The molecular formula is C26H21Cl2F3N4O2S. The molecule has 0 amide bonds. The molecule has 1 aromatic heterocycles. The fraction of sp³-hybridized carbons (Fsp3) is 0.231. The molecule has 12 heteroatoms. The van der Waals surface area contributed by atoms with E-state index in [1.165, 1.54) is 6.20 Å². The number of fused-ring (bicyclic) bond motifs is 1. The molecule has 0 saturated carbocycles. The molecule has 6 nitrogen and oxygen atoms in total. The highest BCUT2D eigenvalue weighted by Gasteiger charge is 2.51. The van der Waals surface area contributed by atoms with Crippen LogP contribution in [0.5, 0.6) is 0 Å². The van der Waals surface area contributed by atoms with Crippen LogP contribution < -0.4 is 5.32 Å². The number of alkyl halides is 3. The molecule has 4 aromatic rings. The minimum Gasteiger partial charge on any atom is -0.379 e. The van der Waals surface area contributed by atoms with Gasteiger partial charge in [-0.05, 0) is 59.5 Å². The predicted molar refractivity (Wildman–Crippen MR) is 142 cm³/mol. The number of hydrogen-bond acceptors (Lipinski definition) is 5. The largest absolute Gasteiger partial charge is 0.511 e. The summed E-state index contributed by atoms with van der Waals surface area (Å²) in [5, 5.41) is 13.3. The summed E-state index contributed by atoms with van der Waals surface area (Å²) in [6.07, 6.45) is 1.71. The Bertz CT molecular complexity index is 1520. The van der Waals surface area contributed by atoms with Crippen LogP contribution in [0.1, 0.15) is 29.0 Å². The van der Waals surface area contributed by atoms with Crippen molar-refractivity contribution < 1.29 is 21.6 Å². The first-order valence-corrected chi connectivity index (χ1v) is 13.8. The quantitative estimate of drug-likeness (QED) is 0.265. The van der Waals surface area contributed by atoms with Crippen LogP contribution in [0.25, 0.3) is 10.9 Å². The van der Waals surface area contributed by atoms with Crippen LogP contribution in [0, 0.1) is 0 Å². The van der Waals surface area contributed by atoms with Crippen LogP contribution in [0.4, 0.5) is 18.9 Å². The van der Waals surface area contributed by atoms with Crippen molar-refractivity contribution in [2.24, 2.45) is 0 Å². The van der Waals surface area contributed by atoms with Crippen molar-refractivity contribution in [3.63, 3.8) is 0 Å².